The van der Waals surface area contributed by atoms with E-state index in [1.807, 2.05) is 0 Å². The van der Waals surface area contributed by atoms with Crippen LogP contribution in [0.1, 0.15) is 47.0 Å². The summed E-state index contributed by atoms with van der Waals surface area (Å²) in [4.78, 5) is 2.67. The number of ether oxygens (including phenoxy) is 1. The summed E-state index contributed by atoms with van der Waals surface area (Å²) in [6.07, 6.45) is 4.24. The van der Waals surface area contributed by atoms with E-state index in [9.17, 15) is 0 Å². The maximum Gasteiger partial charge on any atom is 0.0691 e. The highest BCUT2D eigenvalue weighted by molar-refractivity contribution is 5.22. The molecule has 110 valence electrons. The zero-order valence-corrected chi connectivity index (χ0v) is 13.0. The molecule has 3 nitrogen and oxygen atoms in total. The fourth-order valence-corrected chi connectivity index (χ4v) is 4.94. The molecular weight excluding hydrogens is 236 g/mol. The van der Waals surface area contributed by atoms with Crippen LogP contribution in [0.4, 0.5) is 0 Å². The smallest absolute Gasteiger partial charge is 0.0691 e. The standard InChI is InChI=1S/C16H30N2O/c1-11(2)13-6-5-8-18(13)10-16(17)12-7-9-19-14(12)15(16,3)4/h11-14H,5-10,17H2,1-4H3. The van der Waals surface area contributed by atoms with Crippen molar-refractivity contribution >= 4 is 0 Å². The van der Waals surface area contributed by atoms with Crippen LogP contribution in [0, 0.1) is 17.3 Å². The lowest BCUT2D eigenvalue weighted by Crippen LogP contribution is -2.78. The molecule has 3 aliphatic rings. The van der Waals surface area contributed by atoms with Crippen molar-refractivity contribution < 1.29 is 4.74 Å². The van der Waals surface area contributed by atoms with Gasteiger partial charge in [-0.3, -0.25) is 4.90 Å². The van der Waals surface area contributed by atoms with Crippen LogP contribution in [0.3, 0.4) is 0 Å². The number of likely N-dealkylation sites (tertiary alicyclic amines) is 1. The van der Waals surface area contributed by atoms with Crippen molar-refractivity contribution in [2.45, 2.75) is 64.6 Å². The fourth-order valence-electron chi connectivity index (χ4n) is 4.94. The lowest BCUT2D eigenvalue weighted by molar-refractivity contribution is -0.164. The molecule has 0 aromatic carbocycles. The lowest BCUT2D eigenvalue weighted by atomic mass is 9.48. The van der Waals surface area contributed by atoms with Gasteiger partial charge in [0.25, 0.3) is 0 Å². The van der Waals surface area contributed by atoms with Crippen LogP contribution in [-0.4, -0.2) is 42.3 Å². The molecule has 0 spiro atoms. The first-order chi connectivity index (χ1) is 8.88. The third kappa shape index (κ3) is 1.81. The Labute approximate surface area is 117 Å². The lowest BCUT2D eigenvalue weighted by Gasteiger charge is -2.63. The van der Waals surface area contributed by atoms with Crippen LogP contribution in [-0.2, 0) is 4.74 Å². The first kappa shape index (κ1) is 13.8. The maximum atomic E-state index is 6.89. The maximum absolute atomic E-state index is 6.89. The summed E-state index contributed by atoms with van der Waals surface area (Å²) in [5.74, 6) is 1.32. The van der Waals surface area contributed by atoms with Crippen molar-refractivity contribution in [3.63, 3.8) is 0 Å². The van der Waals surface area contributed by atoms with Gasteiger partial charge < -0.3 is 10.5 Å². The van der Waals surface area contributed by atoms with Gasteiger partial charge in [0.2, 0.25) is 0 Å². The molecule has 2 heterocycles. The summed E-state index contributed by atoms with van der Waals surface area (Å²) in [5.41, 5.74) is 6.96. The summed E-state index contributed by atoms with van der Waals surface area (Å²) < 4.78 is 5.90. The normalized spacial score (nSPS) is 45.5. The molecule has 0 aromatic rings. The molecule has 0 bridgehead atoms. The number of hydrogen-bond acceptors (Lipinski definition) is 3. The SMILES string of the molecule is CC(C)C1CCCN1CC1(N)C2CCOC2C1(C)C. The second kappa shape index (κ2) is 4.44. The molecule has 0 radical (unpaired) electrons. The van der Waals surface area contributed by atoms with Gasteiger partial charge in [-0.15, -0.1) is 0 Å². The zero-order chi connectivity index (χ0) is 13.8. The van der Waals surface area contributed by atoms with E-state index in [1.165, 1.54) is 19.4 Å². The first-order valence-electron chi connectivity index (χ1n) is 8.02. The van der Waals surface area contributed by atoms with E-state index >= 15 is 0 Å². The number of hydrogen-bond donors (Lipinski definition) is 1. The minimum atomic E-state index is -0.0500. The molecule has 2 saturated heterocycles. The summed E-state index contributed by atoms with van der Waals surface area (Å²) in [7, 11) is 0. The Morgan fingerprint density at radius 2 is 2.05 bits per heavy atom. The van der Waals surface area contributed by atoms with Gasteiger partial charge in [-0.1, -0.05) is 27.7 Å². The van der Waals surface area contributed by atoms with Crippen molar-refractivity contribution in [3.8, 4) is 0 Å². The van der Waals surface area contributed by atoms with Gasteiger partial charge in [-0.25, -0.2) is 0 Å². The van der Waals surface area contributed by atoms with E-state index in [0.29, 0.717) is 12.0 Å². The van der Waals surface area contributed by atoms with Crippen molar-refractivity contribution in [2.75, 3.05) is 19.7 Å². The van der Waals surface area contributed by atoms with Crippen molar-refractivity contribution in [2.24, 2.45) is 23.0 Å². The molecule has 0 amide bonds. The molecule has 3 heteroatoms. The fraction of sp³-hybridized carbons (Fsp3) is 1.00. The van der Waals surface area contributed by atoms with E-state index in [0.717, 1.165) is 31.5 Å². The van der Waals surface area contributed by atoms with Gasteiger partial charge in [-0.05, 0) is 31.7 Å². The van der Waals surface area contributed by atoms with Crippen LogP contribution < -0.4 is 5.73 Å². The van der Waals surface area contributed by atoms with E-state index in [2.05, 4.69) is 32.6 Å². The van der Waals surface area contributed by atoms with Crippen LogP contribution in [0.25, 0.3) is 0 Å². The minimum absolute atomic E-state index is 0.0500. The van der Waals surface area contributed by atoms with Crippen LogP contribution in [0.2, 0.25) is 0 Å². The summed E-state index contributed by atoms with van der Waals surface area (Å²) >= 11 is 0. The van der Waals surface area contributed by atoms with E-state index in [4.69, 9.17) is 10.5 Å². The van der Waals surface area contributed by atoms with Gasteiger partial charge in [0.1, 0.15) is 0 Å². The third-order valence-corrected chi connectivity index (χ3v) is 6.31. The number of rotatable bonds is 3. The second-order valence-corrected chi connectivity index (χ2v) is 7.87. The largest absolute Gasteiger partial charge is 0.377 e. The molecule has 19 heavy (non-hydrogen) atoms. The number of nitrogens with two attached hydrogens (primary N) is 1. The molecule has 2 aliphatic heterocycles. The van der Waals surface area contributed by atoms with Gasteiger partial charge in [0, 0.05) is 36.1 Å². The highest BCUT2D eigenvalue weighted by Crippen LogP contribution is 2.58. The van der Waals surface area contributed by atoms with Crippen LogP contribution in [0.5, 0.6) is 0 Å². The Balaban J connectivity index is 1.75. The van der Waals surface area contributed by atoms with Gasteiger partial charge in [-0.2, -0.15) is 0 Å². The Hall–Kier alpha value is -0.120. The molecule has 1 saturated carbocycles. The van der Waals surface area contributed by atoms with Crippen LogP contribution >= 0.6 is 0 Å². The molecule has 0 aromatic heterocycles. The molecular formula is C16H30N2O. The Morgan fingerprint density at radius 3 is 2.74 bits per heavy atom. The zero-order valence-electron chi connectivity index (χ0n) is 13.0. The molecule has 4 atom stereocenters. The Bertz CT molecular complexity index is 355. The van der Waals surface area contributed by atoms with Gasteiger partial charge in [0.15, 0.2) is 0 Å². The topological polar surface area (TPSA) is 38.5 Å². The first-order valence-corrected chi connectivity index (χ1v) is 8.02. The van der Waals surface area contributed by atoms with Crippen molar-refractivity contribution in [1.29, 1.82) is 0 Å². The summed E-state index contributed by atoms with van der Waals surface area (Å²) in [5, 5.41) is 0. The predicted octanol–water partition coefficient (Wildman–Crippen LogP) is 2.25. The van der Waals surface area contributed by atoms with Gasteiger partial charge >= 0.3 is 0 Å². The minimum Gasteiger partial charge on any atom is -0.377 e. The quantitative estimate of drug-likeness (QED) is 0.851. The van der Waals surface area contributed by atoms with Crippen molar-refractivity contribution in [3.05, 3.63) is 0 Å². The Kier molecular flexibility index (Phi) is 3.23. The van der Waals surface area contributed by atoms with E-state index in [-0.39, 0.29) is 11.0 Å². The predicted molar refractivity (Wildman–Crippen MR) is 78.0 cm³/mol. The van der Waals surface area contributed by atoms with Crippen LogP contribution in [0.15, 0.2) is 0 Å². The highest BCUT2D eigenvalue weighted by atomic mass is 16.5. The summed E-state index contributed by atoms with van der Waals surface area (Å²) in [6.45, 7) is 12.5. The highest BCUT2D eigenvalue weighted by Gasteiger charge is 2.68. The van der Waals surface area contributed by atoms with Gasteiger partial charge in [0.05, 0.1) is 6.10 Å². The molecule has 3 rings (SSSR count). The summed E-state index contributed by atoms with van der Waals surface area (Å²) in [6, 6.07) is 0.734. The van der Waals surface area contributed by atoms with E-state index in [1.54, 1.807) is 0 Å². The monoisotopic (exact) mass is 266 g/mol. The Morgan fingerprint density at radius 1 is 1.32 bits per heavy atom. The number of nitrogens with zero attached hydrogens (tertiary/aromatic N) is 1. The molecule has 2 N–H and O–H groups in total. The average Bonchev–Trinajstić information content (AvgIpc) is 2.95. The molecule has 4 unspecified atom stereocenters. The third-order valence-electron chi connectivity index (χ3n) is 6.31. The van der Waals surface area contributed by atoms with Crippen molar-refractivity contribution in [1.82, 2.24) is 4.90 Å². The second-order valence-electron chi connectivity index (χ2n) is 7.87. The molecule has 1 aliphatic carbocycles. The molecule has 3 fully saturated rings. The number of fused-ring (bicyclic) bond motifs is 1. The average molecular weight is 266 g/mol. The van der Waals surface area contributed by atoms with E-state index < -0.39 is 0 Å².